The highest BCUT2D eigenvalue weighted by molar-refractivity contribution is 5.52. The first kappa shape index (κ1) is 13.2. The van der Waals surface area contributed by atoms with Gasteiger partial charge in [0.05, 0.1) is 0 Å². The third-order valence-electron chi connectivity index (χ3n) is 4.01. The molecule has 0 unspecified atom stereocenters. The maximum Gasteiger partial charge on any atom is 0.0369 e. The van der Waals surface area contributed by atoms with Gasteiger partial charge in [-0.3, -0.25) is 0 Å². The monoisotopic (exact) mass is 266 g/mol. The van der Waals surface area contributed by atoms with Crippen molar-refractivity contribution in [1.82, 2.24) is 5.32 Å². The fourth-order valence-corrected chi connectivity index (χ4v) is 2.76. The highest BCUT2D eigenvalue weighted by Crippen LogP contribution is 2.31. The van der Waals surface area contributed by atoms with Gasteiger partial charge in [0.15, 0.2) is 0 Å². The molecule has 0 amide bonds. The van der Waals surface area contributed by atoms with Gasteiger partial charge in [0.25, 0.3) is 0 Å². The van der Waals surface area contributed by atoms with Crippen LogP contribution >= 0.6 is 0 Å². The van der Waals surface area contributed by atoms with Gasteiger partial charge in [-0.15, -0.1) is 0 Å². The maximum atomic E-state index is 3.38. The first-order chi connectivity index (χ1) is 9.86. The van der Waals surface area contributed by atoms with Crippen LogP contribution in [0.1, 0.15) is 24.0 Å². The first-order valence-corrected chi connectivity index (χ1v) is 7.46. The number of hydrogen-bond donors (Lipinski definition) is 1. The van der Waals surface area contributed by atoms with Crippen LogP contribution in [0.25, 0.3) is 0 Å². The van der Waals surface area contributed by atoms with Crippen LogP contribution in [-0.4, -0.2) is 19.6 Å². The molecule has 1 heterocycles. The molecule has 1 aliphatic heterocycles. The average Bonchev–Trinajstić information content (AvgIpc) is 2.45. The normalized spacial score (nSPS) is 15.2. The van der Waals surface area contributed by atoms with E-state index in [-0.39, 0.29) is 0 Å². The molecule has 0 aromatic heterocycles. The zero-order valence-corrected chi connectivity index (χ0v) is 12.0. The summed E-state index contributed by atoms with van der Waals surface area (Å²) in [4.78, 5) is 2.47. The summed E-state index contributed by atoms with van der Waals surface area (Å²) in [6.07, 6.45) is 0. The van der Waals surface area contributed by atoms with Gasteiger partial charge in [-0.25, -0.2) is 0 Å². The highest BCUT2D eigenvalue weighted by atomic mass is 15.2. The van der Waals surface area contributed by atoms with E-state index < -0.39 is 0 Å². The summed E-state index contributed by atoms with van der Waals surface area (Å²) in [7, 11) is 0. The minimum absolute atomic E-state index is 0.689. The van der Waals surface area contributed by atoms with E-state index >= 15 is 0 Å². The maximum absolute atomic E-state index is 3.38. The van der Waals surface area contributed by atoms with E-state index in [1.807, 2.05) is 0 Å². The summed E-state index contributed by atoms with van der Waals surface area (Å²) < 4.78 is 0. The van der Waals surface area contributed by atoms with E-state index in [4.69, 9.17) is 0 Å². The molecule has 1 aliphatic rings. The molecule has 0 radical (unpaired) electrons. The lowest BCUT2D eigenvalue weighted by Crippen LogP contribution is -2.45. The molecule has 0 saturated carbocycles. The average molecular weight is 266 g/mol. The van der Waals surface area contributed by atoms with Crippen molar-refractivity contribution in [2.45, 2.75) is 19.4 Å². The molecule has 0 bridgehead atoms. The Morgan fingerprint density at radius 1 is 1.05 bits per heavy atom. The smallest absolute Gasteiger partial charge is 0.0369 e. The van der Waals surface area contributed by atoms with Crippen molar-refractivity contribution in [3.05, 3.63) is 65.7 Å². The topological polar surface area (TPSA) is 15.3 Å². The molecule has 0 aliphatic carbocycles. The predicted octanol–water partition coefficient (Wildman–Crippen LogP) is 3.40. The Kier molecular flexibility index (Phi) is 4.03. The van der Waals surface area contributed by atoms with Crippen LogP contribution < -0.4 is 10.2 Å². The van der Waals surface area contributed by atoms with Crippen LogP contribution in [0.5, 0.6) is 0 Å². The van der Waals surface area contributed by atoms with Crippen molar-refractivity contribution in [2.75, 3.05) is 24.5 Å². The van der Waals surface area contributed by atoms with Crippen molar-refractivity contribution in [3.63, 3.8) is 0 Å². The van der Waals surface area contributed by atoms with Crippen LogP contribution in [0.2, 0.25) is 0 Å². The molecule has 0 spiro atoms. The van der Waals surface area contributed by atoms with Crippen molar-refractivity contribution in [1.29, 1.82) is 0 Å². The molecule has 3 rings (SSSR count). The largest absolute Gasteiger partial charge is 0.370 e. The molecule has 2 nitrogen and oxygen atoms in total. The Balaban J connectivity index is 1.62. The SMILES string of the molecule is CCNCc1cccc(N2CC(c3ccccc3)C2)c1. The van der Waals surface area contributed by atoms with Crippen molar-refractivity contribution in [3.8, 4) is 0 Å². The molecule has 104 valence electrons. The molecule has 2 aromatic carbocycles. The molecular formula is C18H22N2. The van der Waals surface area contributed by atoms with E-state index in [0.29, 0.717) is 5.92 Å². The van der Waals surface area contributed by atoms with Crippen LogP contribution in [0.4, 0.5) is 5.69 Å². The standard InChI is InChI=1S/C18H22N2/c1-2-19-12-15-7-6-10-18(11-15)20-13-17(14-20)16-8-4-3-5-9-16/h3-11,17,19H,2,12-14H2,1H3. The molecule has 2 heteroatoms. The molecule has 2 aromatic rings. The quantitative estimate of drug-likeness (QED) is 0.892. The van der Waals surface area contributed by atoms with E-state index in [1.54, 1.807) is 0 Å². The van der Waals surface area contributed by atoms with Gasteiger partial charge in [0, 0.05) is 31.2 Å². The Labute approximate surface area is 121 Å². The van der Waals surface area contributed by atoms with Crippen molar-refractivity contribution in [2.24, 2.45) is 0 Å². The molecule has 1 saturated heterocycles. The minimum Gasteiger partial charge on any atom is -0.370 e. The van der Waals surface area contributed by atoms with Gasteiger partial charge < -0.3 is 10.2 Å². The van der Waals surface area contributed by atoms with Crippen LogP contribution in [-0.2, 0) is 6.54 Å². The van der Waals surface area contributed by atoms with Gasteiger partial charge in [0.1, 0.15) is 0 Å². The van der Waals surface area contributed by atoms with Crippen LogP contribution in [0, 0.1) is 0 Å². The summed E-state index contributed by atoms with van der Waals surface area (Å²) in [6, 6.07) is 19.7. The molecular weight excluding hydrogens is 244 g/mol. The predicted molar refractivity (Wildman–Crippen MR) is 85.2 cm³/mol. The lowest BCUT2D eigenvalue weighted by Gasteiger charge is -2.41. The van der Waals surface area contributed by atoms with Gasteiger partial charge in [-0.1, -0.05) is 49.4 Å². The van der Waals surface area contributed by atoms with E-state index in [9.17, 15) is 0 Å². The van der Waals surface area contributed by atoms with Crippen molar-refractivity contribution >= 4 is 5.69 Å². The minimum atomic E-state index is 0.689. The van der Waals surface area contributed by atoms with Gasteiger partial charge in [0.2, 0.25) is 0 Å². The number of nitrogens with one attached hydrogen (secondary N) is 1. The van der Waals surface area contributed by atoms with Gasteiger partial charge >= 0.3 is 0 Å². The lowest BCUT2D eigenvalue weighted by molar-refractivity contribution is 0.525. The fraction of sp³-hybridized carbons (Fsp3) is 0.333. The second-order valence-electron chi connectivity index (χ2n) is 5.46. The van der Waals surface area contributed by atoms with Gasteiger partial charge in [-0.05, 0) is 29.8 Å². The molecule has 20 heavy (non-hydrogen) atoms. The summed E-state index contributed by atoms with van der Waals surface area (Å²) in [5, 5.41) is 3.38. The molecule has 1 N–H and O–H groups in total. The van der Waals surface area contributed by atoms with E-state index in [2.05, 4.69) is 71.7 Å². The number of nitrogens with zero attached hydrogens (tertiary/aromatic N) is 1. The van der Waals surface area contributed by atoms with Crippen molar-refractivity contribution < 1.29 is 0 Å². The van der Waals surface area contributed by atoms with Crippen LogP contribution in [0.3, 0.4) is 0 Å². The summed E-state index contributed by atoms with van der Waals surface area (Å²) in [5.74, 6) is 0.689. The Hall–Kier alpha value is -1.80. The third-order valence-corrected chi connectivity index (χ3v) is 4.01. The van der Waals surface area contributed by atoms with Crippen LogP contribution in [0.15, 0.2) is 54.6 Å². The second kappa shape index (κ2) is 6.10. The summed E-state index contributed by atoms with van der Waals surface area (Å²) in [6.45, 7) is 6.39. The summed E-state index contributed by atoms with van der Waals surface area (Å²) in [5.41, 5.74) is 4.19. The Morgan fingerprint density at radius 2 is 1.85 bits per heavy atom. The zero-order chi connectivity index (χ0) is 13.8. The number of rotatable bonds is 5. The fourth-order valence-electron chi connectivity index (χ4n) is 2.76. The number of anilines is 1. The van der Waals surface area contributed by atoms with E-state index in [1.165, 1.54) is 16.8 Å². The number of benzene rings is 2. The van der Waals surface area contributed by atoms with E-state index in [0.717, 1.165) is 26.2 Å². The lowest BCUT2D eigenvalue weighted by atomic mass is 9.91. The zero-order valence-electron chi connectivity index (χ0n) is 12.0. The van der Waals surface area contributed by atoms with Gasteiger partial charge in [-0.2, -0.15) is 0 Å². The molecule has 1 fully saturated rings. The molecule has 0 atom stereocenters. The third kappa shape index (κ3) is 2.86. The highest BCUT2D eigenvalue weighted by Gasteiger charge is 2.27. The summed E-state index contributed by atoms with van der Waals surface area (Å²) >= 11 is 0. The second-order valence-corrected chi connectivity index (χ2v) is 5.46. The Bertz CT molecular complexity index is 544. The Morgan fingerprint density at radius 3 is 2.60 bits per heavy atom. The first-order valence-electron chi connectivity index (χ1n) is 7.46. The number of hydrogen-bond acceptors (Lipinski definition) is 2.